The number of methoxy groups -OCH3 is 1. The van der Waals surface area contributed by atoms with Gasteiger partial charge in [-0.2, -0.15) is 0 Å². The molecule has 0 radical (unpaired) electrons. The lowest BCUT2D eigenvalue weighted by Gasteiger charge is -2.09. The lowest BCUT2D eigenvalue weighted by molar-refractivity contribution is -0.118. The van der Waals surface area contributed by atoms with Crippen LogP contribution in [0.4, 0.5) is 5.69 Å². The molecule has 0 aliphatic heterocycles. The molecule has 0 unspecified atom stereocenters. The number of nitrogens with one attached hydrogen (secondary N) is 1. The first kappa shape index (κ1) is 17.5. The highest BCUT2D eigenvalue weighted by atomic mass is 16.5. The maximum Gasteiger partial charge on any atom is 0.250 e. The van der Waals surface area contributed by atoms with Crippen molar-refractivity contribution in [1.29, 1.82) is 0 Å². The number of nitrogens with zero attached hydrogens (tertiary/aromatic N) is 1. The van der Waals surface area contributed by atoms with Gasteiger partial charge in [-0.25, -0.2) is 0 Å². The quantitative estimate of drug-likeness (QED) is 0.820. The van der Waals surface area contributed by atoms with Crippen LogP contribution in [0.1, 0.15) is 27.7 Å². The summed E-state index contributed by atoms with van der Waals surface area (Å²) < 4.78 is 6.54. The van der Waals surface area contributed by atoms with E-state index in [4.69, 9.17) is 4.74 Å². The van der Waals surface area contributed by atoms with Crippen LogP contribution in [0.15, 0.2) is 34.8 Å². The normalized spacial score (nSPS) is 21.6. The van der Waals surface area contributed by atoms with Crippen molar-refractivity contribution in [2.75, 3.05) is 19.0 Å². The van der Waals surface area contributed by atoms with Crippen molar-refractivity contribution in [2.24, 2.45) is 17.3 Å². The van der Waals surface area contributed by atoms with Crippen LogP contribution in [0.25, 0.3) is 0 Å². The third kappa shape index (κ3) is 3.91. The molecule has 1 aromatic rings. The first-order valence-corrected chi connectivity index (χ1v) is 7.92. The number of carbonyl (C=O) groups excluding carboxylic acids is 1. The zero-order valence-corrected chi connectivity index (χ0v) is 14.6. The van der Waals surface area contributed by atoms with Crippen molar-refractivity contribution in [3.63, 3.8) is 0 Å². The molecule has 5 nitrogen and oxygen atoms in total. The summed E-state index contributed by atoms with van der Waals surface area (Å²) in [6.45, 7) is 9.25. The predicted molar refractivity (Wildman–Crippen MR) is 91.4 cm³/mol. The summed E-state index contributed by atoms with van der Waals surface area (Å²) in [6, 6.07) is 3.12. The van der Waals surface area contributed by atoms with Gasteiger partial charge in [0.25, 0.3) is 5.56 Å². The molecular formula is C18H26N2O3. The molecule has 1 aromatic heterocycles. The Labute approximate surface area is 137 Å². The van der Waals surface area contributed by atoms with Gasteiger partial charge in [0.1, 0.15) is 0 Å². The van der Waals surface area contributed by atoms with E-state index in [1.807, 2.05) is 0 Å². The molecule has 5 heteroatoms. The highest BCUT2D eigenvalue weighted by Gasteiger charge is 2.60. The van der Waals surface area contributed by atoms with Crippen molar-refractivity contribution in [3.05, 3.63) is 40.3 Å². The predicted octanol–water partition coefficient (Wildman–Crippen LogP) is 2.67. The fourth-order valence-electron chi connectivity index (χ4n) is 3.04. The summed E-state index contributed by atoms with van der Waals surface area (Å²) in [7, 11) is 1.59. The largest absolute Gasteiger partial charge is 0.383 e. The van der Waals surface area contributed by atoms with Crippen molar-refractivity contribution < 1.29 is 9.53 Å². The summed E-state index contributed by atoms with van der Waals surface area (Å²) in [4.78, 5) is 24.3. The number of hydrogen-bond acceptors (Lipinski definition) is 3. The second kappa shape index (κ2) is 6.71. The number of amides is 1. The Hall–Kier alpha value is -1.88. The number of pyridine rings is 1. The molecule has 1 aliphatic carbocycles. The molecule has 1 aliphatic rings. The number of anilines is 1. The average molecular weight is 318 g/mol. The molecule has 0 saturated heterocycles. The molecule has 126 valence electrons. The molecule has 1 N–H and O–H groups in total. The third-order valence-corrected chi connectivity index (χ3v) is 4.49. The topological polar surface area (TPSA) is 60.3 Å². The fourth-order valence-corrected chi connectivity index (χ4v) is 3.04. The van der Waals surface area contributed by atoms with Crippen LogP contribution in [0, 0.1) is 17.3 Å². The SMILES string of the molecule is COCCn1cc(NC(=O)[C@@H]2[C@@H](C=C(C)C)C2(C)C)ccc1=O. The molecule has 1 saturated carbocycles. The number of hydrogen-bond donors (Lipinski definition) is 1. The Kier molecular flexibility index (Phi) is 5.09. The van der Waals surface area contributed by atoms with Gasteiger partial charge in [-0.3, -0.25) is 9.59 Å². The minimum absolute atomic E-state index is 0.00874. The monoisotopic (exact) mass is 318 g/mol. The van der Waals surface area contributed by atoms with Crippen LogP contribution in [-0.4, -0.2) is 24.2 Å². The van der Waals surface area contributed by atoms with E-state index in [1.54, 1.807) is 23.9 Å². The maximum absolute atomic E-state index is 12.5. The lowest BCUT2D eigenvalue weighted by Crippen LogP contribution is -2.23. The van der Waals surface area contributed by atoms with Crippen LogP contribution in [0.3, 0.4) is 0 Å². The van der Waals surface area contributed by atoms with Gasteiger partial charge in [0.05, 0.1) is 18.2 Å². The van der Waals surface area contributed by atoms with Gasteiger partial charge in [-0.15, -0.1) is 0 Å². The number of rotatable bonds is 6. The smallest absolute Gasteiger partial charge is 0.250 e. The van der Waals surface area contributed by atoms with Crippen molar-refractivity contribution in [2.45, 2.75) is 34.2 Å². The Balaban J connectivity index is 2.09. The van der Waals surface area contributed by atoms with E-state index in [0.29, 0.717) is 18.8 Å². The third-order valence-electron chi connectivity index (χ3n) is 4.49. The van der Waals surface area contributed by atoms with Crippen LogP contribution >= 0.6 is 0 Å². The summed E-state index contributed by atoms with van der Waals surface area (Å²) in [5, 5.41) is 2.94. The van der Waals surface area contributed by atoms with Crippen molar-refractivity contribution >= 4 is 11.6 Å². The van der Waals surface area contributed by atoms with E-state index in [1.165, 1.54) is 11.6 Å². The van der Waals surface area contributed by atoms with Crippen molar-refractivity contribution in [1.82, 2.24) is 4.57 Å². The first-order chi connectivity index (χ1) is 10.8. The molecule has 0 bridgehead atoms. The number of ether oxygens (including phenoxy) is 1. The van der Waals surface area contributed by atoms with Gasteiger partial charge in [-0.1, -0.05) is 25.5 Å². The number of allylic oxidation sites excluding steroid dienone is 2. The van der Waals surface area contributed by atoms with Gasteiger partial charge in [-0.05, 0) is 31.2 Å². The highest BCUT2D eigenvalue weighted by Crippen LogP contribution is 2.59. The lowest BCUT2D eigenvalue weighted by atomic mass is 10.1. The Morgan fingerprint density at radius 1 is 1.39 bits per heavy atom. The number of carbonyl (C=O) groups is 1. The summed E-state index contributed by atoms with van der Waals surface area (Å²) in [6.07, 6.45) is 3.84. The van der Waals surface area contributed by atoms with E-state index in [9.17, 15) is 9.59 Å². The van der Waals surface area contributed by atoms with Crippen molar-refractivity contribution in [3.8, 4) is 0 Å². The Morgan fingerprint density at radius 2 is 2.09 bits per heavy atom. The van der Waals surface area contributed by atoms with Gasteiger partial charge < -0.3 is 14.6 Å². The minimum Gasteiger partial charge on any atom is -0.383 e. The number of aromatic nitrogens is 1. The van der Waals surface area contributed by atoms with Crippen LogP contribution in [0.5, 0.6) is 0 Å². The molecule has 23 heavy (non-hydrogen) atoms. The molecule has 1 heterocycles. The zero-order chi connectivity index (χ0) is 17.2. The molecule has 1 fully saturated rings. The van der Waals surface area contributed by atoms with E-state index >= 15 is 0 Å². The molecule has 2 rings (SSSR count). The van der Waals surface area contributed by atoms with Gasteiger partial charge in [0.15, 0.2) is 0 Å². The zero-order valence-electron chi connectivity index (χ0n) is 14.6. The summed E-state index contributed by atoms with van der Waals surface area (Å²) in [5.41, 5.74) is 1.75. The standard InChI is InChI=1S/C18H26N2O3/c1-12(2)10-14-16(18(14,3)4)17(22)19-13-6-7-15(21)20(11-13)8-9-23-5/h6-7,10-11,14,16H,8-9H2,1-5H3,(H,19,22)/t14-,16+/m1/s1. The molecular weight excluding hydrogens is 292 g/mol. The summed E-state index contributed by atoms with van der Waals surface area (Å²) >= 11 is 0. The average Bonchev–Trinajstić information content (AvgIpc) is 2.99. The van der Waals surface area contributed by atoms with Gasteiger partial charge in [0.2, 0.25) is 5.91 Å². The van der Waals surface area contributed by atoms with E-state index in [2.05, 4.69) is 39.1 Å². The first-order valence-electron chi connectivity index (χ1n) is 7.92. The highest BCUT2D eigenvalue weighted by molar-refractivity contribution is 5.95. The van der Waals surface area contributed by atoms with Crippen LogP contribution in [-0.2, 0) is 16.1 Å². The molecule has 1 amide bonds. The fraction of sp³-hybridized carbons (Fsp3) is 0.556. The Bertz CT molecular complexity index is 669. The minimum atomic E-state index is -0.103. The molecule has 2 atom stereocenters. The summed E-state index contributed by atoms with van der Waals surface area (Å²) in [5.74, 6) is 0.248. The van der Waals surface area contributed by atoms with Gasteiger partial charge in [0, 0.05) is 25.9 Å². The molecule has 0 aromatic carbocycles. The van der Waals surface area contributed by atoms with Crippen LogP contribution < -0.4 is 10.9 Å². The van der Waals surface area contributed by atoms with Crippen LogP contribution in [0.2, 0.25) is 0 Å². The second-order valence-corrected chi connectivity index (χ2v) is 7.00. The maximum atomic E-state index is 12.5. The van der Waals surface area contributed by atoms with E-state index < -0.39 is 0 Å². The van der Waals surface area contributed by atoms with E-state index in [-0.39, 0.29) is 28.7 Å². The van der Waals surface area contributed by atoms with Gasteiger partial charge >= 0.3 is 0 Å². The Morgan fingerprint density at radius 3 is 2.70 bits per heavy atom. The van der Waals surface area contributed by atoms with E-state index in [0.717, 1.165) is 0 Å². The molecule has 0 spiro atoms. The second-order valence-electron chi connectivity index (χ2n) is 7.00.